The van der Waals surface area contributed by atoms with Crippen molar-refractivity contribution in [2.75, 3.05) is 0 Å². The fourth-order valence-electron chi connectivity index (χ4n) is 5.72. The minimum atomic E-state index is 1.42. The largest absolute Gasteiger partial charge is 0.0610 e. The normalized spacial score (nSPS) is 13.4. The molecule has 116 valence electrons. The van der Waals surface area contributed by atoms with Gasteiger partial charge in [-0.25, -0.2) is 0 Å². The second-order valence-corrected chi connectivity index (χ2v) is 7.66. The van der Waals surface area contributed by atoms with Crippen molar-refractivity contribution < 1.29 is 0 Å². The van der Waals surface area contributed by atoms with E-state index in [2.05, 4.69) is 72.8 Å². The van der Waals surface area contributed by atoms with Gasteiger partial charge in [0.15, 0.2) is 0 Å². The molecule has 0 N–H and O–H groups in total. The van der Waals surface area contributed by atoms with Crippen molar-refractivity contribution in [1.29, 1.82) is 0 Å². The first-order valence-corrected chi connectivity index (χ1v) is 9.23. The van der Waals surface area contributed by atoms with E-state index in [1.54, 1.807) is 0 Å². The third kappa shape index (κ3) is 1.01. The monoisotopic (exact) mass is 324 g/mol. The van der Waals surface area contributed by atoms with Crippen LogP contribution in [0, 0.1) is 0 Å². The quantitative estimate of drug-likeness (QED) is 0.253. The summed E-state index contributed by atoms with van der Waals surface area (Å²) in [4.78, 5) is 0. The Morgan fingerprint density at radius 2 is 0.423 bits per heavy atom. The van der Waals surface area contributed by atoms with Crippen molar-refractivity contribution >= 4 is 75.4 Å². The molecule has 0 heteroatoms. The van der Waals surface area contributed by atoms with Crippen molar-refractivity contribution in [2.45, 2.75) is 0 Å². The van der Waals surface area contributed by atoms with Gasteiger partial charge >= 0.3 is 0 Å². The standard InChI is InChI=1S/C26H12/c1-5-13-14-6-2-11-19-22(14)21(13)17(9-1)25-18-10-3-7-15-16-8-4-12-20(26(19)25)24(16)23(15)18/h1-12H. The van der Waals surface area contributed by atoms with Crippen LogP contribution in [0.3, 0.4) is 0 Å². The summed E-state index contributed by atoms with van der Waals surface area (Å²) in [6.45, 7) is 0. The molecule has 0 unspecified atom stereocenters. The molecular weight excluding hydrogens is 312 g/mol. The first kappa shape index (κ1) is 12.1. The van der Waals surface area contributed by atoms with Gasteiger partial charge in [-0.3, -0.25) is 0 Å². The van der Waals surface area contributed by atoms with Gasteiger partial charge in [-0.15, -0.1) is 0 Å². The number of fused-ring (bicyclic) bond motifs is 7. The number of benzene rings is 6. The van der Waals surface area contributed by atoms with Gasteiger partial charge < -0.3 is 0 Å². The molecule has 0 nitrogen and oxygen atoms in total. The van der Waals surface area contributed by atoms with Crippen molar-refractivity contribution in [2.24, 2.45) is 0 Å². The summed E-state index contributed by atoms with van der Waals surface area (Å²) in [6.07, 6.45) is 0. The molecule has 0 aliphatic carbocycles. The third-order valence-electron chi connectivity index (χ3n) is 6.67. The lowest BCUT2D eigenvalue weighted by atomic mass is 9.78. The molecule has 0 atom stereocenters. The van der Waals surface area contributed by atoms with Crippen LogP contribution in [0.1, 0.15) is 0 Å². The van der Waals surface area contributed by atoms with Gasteiger partial charge in [0, 0.05) is 0 Å². The minimum Gasteiger partial charge on any atom is -0.0610 e. The molecule has 26 heavy (non-hydrogen) atoms. The maximum Gasteiger partial charge on any atom is -0.00134 e. The van der Waals surface area contributed by atoms with Gasteiger partial charge in [0.25, 0.3) is 0 Å². The molecule has 8 aromatic rings. The molecule has 0 aliphatic rings. The molecule has 0 bridgehead atoms. The molecule has 0 radical (unpaired) electrons. The second-order valence-electron chi connectivity index (χ2n) is 7.66. The van der Waals surface area contributed by atoms with E-state index in [4.69, 9.17) is 0 Å². The Balaban J connectivity index is 1.91. The highest BCUT2D eigenvalue weighted by Gasteiger charge is 2.24. The maximum atomic E-state index is 2.32. The average Bonchev–Trinajstić information content (AvgIpc) is 2.68. The predicted octanol–water partition coefficient (Wildman–Crippen LogP) is 7.51. The van der Waals surface area contributed by atoms with Crippen LogP contribution in [0.2, 0.25) is 0 Å². The Morgan fingerprint density at radius 3 is 0.692 bits per heavy atom. The van der Waals surface area contributed by atoms with Crippen LogP contribution in [0.25, 0.3) is 75.4 Å². The van der Waals surface area contributed by atoms with Crippen LogP contribution in [-0.4, -0.2) is 0 Å². The van der Waals surface area contributed by atoms with Crippen LogP contribution in [0.5, 0.6) is 0 Å². The molecule has 0 spiro atoms. The Morgan fingerprint density at radius 1 is 0.231 bits per heavy atom. The van der Waals surface area contributed by atoms with Crippen LogP contribution < -0.4 is 0 Å². The lowest BCUT2D eigenvalue weighted by Crippen LogP contribution is -1.96. The smallest absolute Gasteiger partial charge is 0.00134 e. The van der Waals surface area contributed by atoms with Gasteiger partial charge in [0.2, 0.25) is 0 Å². The fourth-order valence-corrected chi connectivity index (χ4v) is 5.72. The summed E-state index contributed by atoms with van der Waals surface area (Å²) in [5.74, 6) is 0. The zero-order valence-corrected chi connectivity index (χ0v) is 13.9. The summed E-state index contributed by atoms with van der Waals surface area (Å²) in [6, 6.07) is 27.3. The SMILES string of the molecule is c1cc2c3cccc4c3c2c(c1)c1c2cccc3c5cccc(c5c32)c41. The summed E-state index contributed by atoms with van der Waals surface area (Å²) in [5.41, 5.74) is 0. The number of hydrogen-bond acceptors (Lipinski definition) is 0. The topological polar surface area (TPSA) is 0 Å². The van der Waals surface area contributed by atoms with E-state index in [-0.39, 0.29) is 0 Å². The lowest BCUT2D eigenvalue weighted by Gasteiger charge is -2.24. The fraction of sp³-hybridized carbons (Fsp3) is 0. The highest BCUT2D eigenvalue weighted by molar-refractivity contribution is 6.52. The third-order valence-corrected chi connectivity index (χ3v) is 6.67. The van der Waals surface area contributed by atoms with Crippen molar-refractivity contribution in [3.05, 3.63) is 72.8 Å². The summed E-state index contributed by atoms with van der Waals surface area (Å²) in [5, 5.41) is 20.1. The van der Waals surface area contributed by atoms with E-state index in [1.165, 1.54) is 75.4 Å². The van der Waals surface area contributed by atoms with Gasteiger partial charge in [-0.2, -0.15) is 0 Å². The molecule has 0 saturated carbocycles. The maximum absolute atomic E-state index is 2.32. The summed E-state index contributed by atoms with van der Waals surface area (Å²) < 4.78 is 0. The van der Waals surface area contributed by atoms with Crippen molar-refractivity contribution in [3.8, 4) is 0 Å². The molecule has 0 aromatic heterocycles. The Kier molecular flexibility index (Phi) is 1.66. The van der Waals surface area contributed by atoms with Crippen molar-refractivity contribution in [3.63, 3.8) is 0 Å². The predicted molar refractivity (Wildman–Crippen MR) is 114 cm³/mol. The molecule has 0 saturated heterocycles. The zero-order valence-electron chi connectivity index (χ0n) is 13.9. The highest BCUT2D eigenvalue weighted by Crippen LogP contribution is 2.53. The van der Waals surface area contributed by atoms with E-state index in [0.717, 1.165) is 0 Å². The van der Waals surface area contributed by atoms with E-state index < -0.39 is 0 Å². The molecule has 0 amide bonds. The van der Waals surface area contributed by atoms with E-state index in [0.29, 0.717) is 0 Å². The number of hydrogen-bond donors (Lipinski definition) is 0. The van der Waals surface area contributed by atoms with E-state index in [9.17, 15) is 0 Å². The summed E-state index contributed by atoms with van der Waals surface area (Å²) >= 11 is 0. The molecule has 8 aromatic carbocycles. The van der Waals surface area contributed by atoms with Gasteiger partial charge in [-0.05, 0) is 75.4 Å². The van der Waals surface area contributed by atoms with Crippen LogP contribution in [0.15, 0.2) is 72.8 Å². The van der Waals surface area contributed by atoms with Crippen LogP contribution in [0.4, 0.5) is 0 Å². The first-order chi connectivity index (χ1) is 12.9. The Bertz CT molecular complexity index is 1510. The van der Waals surface area contributed by atoms with E-state index >= 15 is 0 Å². The van der Waals surface area contributed by atoms with Crippen LogP contribution in [-0.2, 0) is 0 Å². The molecule has 0 fully saturated rings. The minimum absolute atomic E-state index is 1.42. The molecular formula is C26H12. The van der Waals surface area contributed by atoms with Gasteiger partial charge in [0.05, 0.1) is 0 Å². The Labute approximate surface area is 148 Å². The van der Waals surface area contributed by atoms with Gasteiger partial charge in [-0.1, -0.05) is 72.8 Å². The van der Waals surface area contributed by atoms with Gasteiger partial charge in [0.1, 0.15) is 0 Å². The first-order valence-electron chi connectivity index (χ1n) is 9.23. The number of rotatable bonds is 0. The Hall–Kier alpha value is -3.38. The summed E-state index contributed by atoms with van der Waals surface area (Å²) in [7, 11) is 0. The van der Waals surface area contributed by atoms with E-state index in [1.807, 2.05) is 0 Å². The average molecular weight is 324 g/mol. The lowest BCUT2D eigenvalue weighted by molar-refractivity contribution is 1.81. The van der Waals surface area contributed by atoms with Crippen LogP contribution >= 0.6 is 0 Å². The second kappa shape index (κ2) is 3.59. The van der Waals surface area contributed by atoms with Crippen molar-refractivity contribution in [1.82, 2.24) is 0 Å². The molecule has 8 rings (SSSR count). The highest BCUT2D eigenvalue weighted by atomic mass is 14.3. The zero-order chi connectivity index (χ0) is 16.6. The molecule has 0 heterocycles. The molecule has 0 aliphatic heterocycles.